The number of carbonyl (C=O) groups excluding carboxylic acids is 2. The van der Waals surface area contributed by atoms with Crippen LogP contribution in [-0.2, 0) is 11.8 Å². The van der Waals surface area contributed by atoms with Gasteiger partial charge in [0.05, 0.1) is 12.2 Å². The predicted molar refractivity (Wildman–Crippen MR) is 87.4 cm³/mol. The molecular formula is C17H20N4O3. The van der Waals surface area contributed by atoms with E-state index >= 15 is 0 Å². The number of amides is 2. The zero-order chi connectivity index (χ0) is 17.1. The number of nitrogens with zero attached hydrogens (tertiary/aromatic N) is 3. The average Bonchev–Trinajstić information content (AvgIpc) is 3.21. The SMILES string of the molecule is Cn1cc([C@H]2CCCN2C(=O)c2cccc(OCC(N)=O)c2)cn1. The quantitative estimate of drug-likeness (QED) is 0.894. The summed E-state index contributed by atoms with van der Waals surface area (Å²) < 4.78 is 7.02. The molecule has 1 aromatic heterocycles. The molecule has 0 aliphatic carbocycles. The van der Waals surface area contributed by atoms with E-state index < -0.39 is 5.91 Å². The van der Waals surface area contributed by atoms with E-state index in [0.717, 1.165) is 18.4 Å². The minimum atomic E-state index is -0.553. The first-order valence-corrected chi connectivity index (χ1v) is 7.85. The van der Waals surface area contributed by atoms with Crippen molar-refractivity contribution >= 4 is 11.8 Å². The van der Waals surface area contributed by atoms with Gasteiger partial charge in [0.25, 0.3) is 11.8 Å². The smallest absolute Gasteiger partial charge is 0.255 e. The van der Waals surface area contributed by atoms with Gasteiger partial charge >= 0.3 is 0 Å². The van der Waals surface area contributed by atoms with Gasteiger partial charge in [-0.3, -0.25) is 14.3 Å². The van der Waals surface area contributed by atoms with Crippen LogP contribution >= 0.6 is 0 Å². The van der Waals surface area contributed by atoms with Crippen molar-refractivity contribution in [1.82, 2.24) is 14.7 Å². The molecule has 3 rings (SSSR count). The molecule has 2 heterocycles. The molecule has 1 atom stereocenters. The van der Waals surface area contributed by atoms with Crippen LogP contribution in [0, 0.1) is 0 Å². The highest BCUT2D eigenvalue weighted by Gasteiger charge is 2.31. The molecule has 126 valence electrons. The minimum Gasteiger partial charge on any atom is -0.484 e. The van der Waals surface area contributed by atoms with Gasteiger partial charge in [0.2, 0.25) is 0 Å². The van der Waals surface area contributed by atoms with Crippen molar-refractivity contribution in [2.45, 2.75) is 18.9 Å². The maximum Gasteiger partial charge on any atom is 0.255 e. The van der Waals surface area contributed by atoms with E-state index in [0.29, 0.717) is 17.9 Å². The van der Waals surface area contributed by atoms with Crippen LogP contribution < -0.4 is 10.5 Å². The van der Waals surface area contributed by atoms with Crippen LogP contribution in [0.15, 0.2) is 36.7 Å². The fourth-order valence-electron chi connectivity index (χ4n) is 3.01. The molecule has 0 saturated carbocycles. The van der Waals surface area contributed by atoms with Crippen LogP contribution in [-0.4, -0.2) is 39.6 Å². The van der Waals surface area contributed by atoms with Gasteiger partial charge in [0.1, 0.15) is 5.75 Å². The number of ether oxygens (including phenoxy) is 1. The largest absolute Gasteiger partial charge is 0.484 e. The third-order valence-electron chi connectivity index (χ3n) is 4.09. The normalized spacial score (nSPS) is 17.0. The Morgan fingerprint density at radius 1 is 1.42 bits per heavy atom. The van der Waals surface area contributed by atoms with E-state index in [9.17, 15) is 9.59 Å². The number of aryl methyl sites for hydroxylation is 1. The maximum absolute atomic E-state index is 12.9. The first-order valence-electron chi connectivity index (χ1n) is 7.85. The van der Waals surface area contributed by atoms with Crippen molar-refractivity contribution < 1.29 is 14.3 Å². The fraction of sp³-hybridized carbons (Fsp3) is 0.353. The molecule has 0 unspecified atom stereocenters. The van der Waals surface area contributed by atoms with Crippen LogP contribution in [0.2, 0.25) is 0 Å². The van der Waals surface area contributed by atoms with Crippen LogP contribution in [0.1, 0.15) is 34.8 Å². The standard InChI is InChI=1S/C17H20N4O3/c1-20-10-13(9-19-20)15-6-3-7-21(15)17(23)12-4-2-5-14(8-12)24-11-16(18)22/h2,4-5,8-10,15H,3,6-7,11H2,1H3,(H2,18,22)/t15-/m1/s1. The topological polar surface area (TPSA) is 90.5 Å². The lowest BCUT2D eigenvalue weighted by atomic mass is 10.1. The fourth-order valence-corrected chi connectivity index (χ4v) is 3.01. The molecule has 1 aromatic carbocycles. The molecule has 0 spiro atoms. The second kappa shape index (κ2) is 6.74. The van der Waals surface area contributed by atoms with Crippen molar-refractivity contribution in [3.05, 3.63) is 47.8 Å². The summed E-state index contributed by atoms with van der Waals surface area (Å²) in [6.45, 7) is 0.504. The van der Waals surface area contributed by atoms with Gasteiger partial charge in [-0.25, -0.2) is 0 Å². The number of rotatable bonds is 5. The third-order valence-corrected chi connectivity index (χ3v) is 4.09. The Kier molecular flexibility index (Phi) is 4.50. The van der Waals surface area contributed by atoms with Gasteiger partial charge in [-0.1, -0.05) is 6.07 Å². The van der Waals surface area contributed by atoms with E-state index in [1.807, 2.05) is 24.3 Å². The van der Waals surface area contributed by atoms with Crippen molar-refractivity contribution in [2.75, 3.05) is 13.2 Å². The number of likely N-dealkylation sites (tertiary alicyclic amines) is 1. The summed E-state index contributed by atoms with van der Waals surface area (Å²) in [5, 5.41) is 4.20. The van der Waals surface area contributed by atoms with E-state index in [4.69, 9.17) is 10.5 Å². The first-order chi connectivity index (χ1) is 11.5. The number of hydrogen-bond donors (Lipinski definition) is 1. The van der Waals surface area contributed by atoms with Crippen LogP contribution in [0.5, 0.6) is 5.75 Å². The Morgan fingerprint density at radius 3 is 2.96 bits per heavy atom. The van der Waals surface area contributed by atoms with Gasteiger partial charge in [0, 0.05) is 30.9 Å². The van der Waals surface area contributed by atoms with Gasteiger partial charge < -0.3 is 15.4 Å². The Morgan fingerprint density at radius 2 is 2.25 bits per heavy atom. The molecule has 2 N–H and O–H groups in total. The van der Waals surface area contributed by atoms with Crippen LogP contribution in [0.25, 0.3) is 0 Å². The highest BCUT2D eigenvalue weighted by Crippen LogP contribution is 2.33. The highest BCUT2D eigenvalue weighted by atomic mass is 16.5. The molecule has 2 amide bonds. The summed E-state index contributed by atoms with van der Waals surface area (Å²) >= 11 is 0. The lowest BCUT2D eigenvalue weighted by Crippen LogP contribution is -2.30. The average molecular weight is 328 g/mol. The molecule has 7 heteroatoms. The first kappa shape index (κ1) is 16.0. The lowest BCUT2D eigenvalue weighted by Gasteiger charge is -2.24. The van der Waals surface area contributed by atoms with Crippen molar-refractivity contribution in [3.63, 3.8) is 0 Å². The Hall–Kier alpha value is -2.83. The summed E-state index contributed by atoms with van der Waals surface area (Å²) in [6, 6.07) is 6.87. The lowest BCUT2D eigenvalue weighted by molar-refractivity contribution is -0.119. The van der Waals surface area contributed by atoms with Crippen molar-refractivity contribution in [3.8, 4) is 5.75 Å². The third kappa shape index (κ3) is 3.40. The minimum absolute atomic E-state index is 0.0430. The van der Waals surface area contributed by atoms with Gasteiger partial charge in [0.15, 0.2) is 6.61 Å². The van der Waals surface area contributed by atoms with E-state index in [1.54, 1.807) is 28.9 Å². The molecule has 0 radical (unpaired) electrons. The Balaban J connectivity index is 1.78. The van der Waals surface area contributed by atoms with Gasteiger partial charge in [-0.05, 0) is 31.0 Å². The molecule has 0 bridgehead atoms. The number of carbonyl (C=O) groups is 2. The molecule has 1 aliphatic heterocycles. The summed E-state index contributed by atoms with van der Waals surface area (Å²) in [6.07, 6.45) is 5.64. The number of hydrogen-bond acceptors (Lipinski definition) is 4. The van der Waals surface area contributed by atoms with Gasteiger partial charge in [-0.15, -0.1) is 0 Å². The molecule has 24 heavy (non-hydrogen) atoms. The molecule has 1 fully saturated rings. The van der Waals surface area contributed by atoms with Crippen molar-refractivity contribution in [1.29, 1.82) is 0 Å². The van der Waals surface area contributed by atoms with E-state index in [2.05, 4.69) is 5.10 Å². The van der Waals surface area contributed by atoms with Crippen molar-refractivity contribution in [2.24, 2.45) is 12.8 Å². The second-order valence-corrected chi connectivity index (χ2v) is 5.89. The van der Waals surface area contributed by atoms with E-state index in [1.165, 1.54) is 0 Å². The zero-order valence-electron chi connectivity index (χ0n) is 13.5. The second-order valence-electron chi connectivity index (χ2n) is 5.89. The number of benzene rings is 1. The molecule has 1 saturated heterocycles. The summed E-state index contributed by atoms with van der Waals surface area (Å²) in [4.78, 5) is 25.6. The molecule has 1 aliphatic rings. The van der Waals surface area contributed by atoms with Crippen LogP contribution in [0.3, 0.4) is 0 Å². The molecular weight excluding hydrogens is 308 g/mol. The summed E-state index contributed by atoms with van der Waals surface area (Å²) in [5.74, 6) is -0.148. The zero-order valence-corrected chi connectivity index (χ0v) is 13.5. The number of primary amides is 1. The maximum atomic E-state index is 12.9. The van der Waals surface area contributed by atoms with Crippen LogP contribution in [0.4, 0.5) is 0 Å². The molecule has 2 aromatic rings. The predicted octanol–water partition coefficient (Wildman–Crippen LogP) is 1.26. The highest BCUT2D eigenvalue weighted by molar-refractivity contribution is 5.95. The van der Waals surface area contributed by atoms with E-state index in [-0.39, 0.29) is 18.6 Å². The summed E-state index contributed by atoms with van der Waals surface area (Å²) in [5.41, 5.74) is 6.66. The number of nitrogens with two attached hydrogens (primary N) is 1. The van der Waals surface area contributed by atoms with Gasteiger partial charge in [-0.2, -0.15) is 5.10 Å². The monoisotopic (exact) mass is 328 g/mol. The molecule has 7 nitrogen and oxygen atoms in total. The number of aromatic nitrogens is 2. The Labute approximate surface area is 140 Å². The summed E-state index contributed by atoms with van der Waals surface area (Å²) in [7, 11) is 1.87. The Bertz CT molecular complexity index is 756.